The summed E-state index contributed by atoms with van der Waals surface area (Å²) in [6.45, 7) is 11.3. The van der Waals surface area contributed by atoms with E-state index in [0.29, 0.717) is 12.5 Å². The monoisotopic (exact) mass is 474 g/mol. The predicted molar refractivity (Wildman–Crippen MR) is 121 cm³/mol. The Balaban J connectivity index is 0.00000338. The number of nitrogens with zero attached hydrogens (tertiary/aromatic N) is 4. The first kappa shape index (κ1) is 23.0. The molecule has 0 bridgehead atoms. The Kier molecular flexibility index (Phi) is 11.6. The van der Waals surface area contributed by atoms with Crippen LogP contribution in [0.4, 0.5) is 5.82 Å². The minimum Gasteiger partial charge on any atom is -0.370 e. The number of nitrogens with two attached hydrogens (primary N) is 1. The highest BCUT2D eigenvalue weighted by molar-refractivity contribution is 14.0. The third-order valence-corrected chi connectivity index (χ3v) is 4.72. The number of hydrogen-bond donors (Lipinski definition) is 2. The highest BCUT2D eigenvalue weighted by Crippen LogP contribution is 2.15. The Morgan fingerprint density at radius 2 is 1.96 bits per heavy atom. The summed E-state index contributed by atoms with van der Waals surface area (Å²) in [5, 5.41) is 3.20. The summed E-state index contributed by atoms with van der Waals surface area (Å²) in [4.78, 5) is 13.8. The third-order valence-electron chi connectivity index (χ3n) is 4.72. The van der Waals surface area contributed by atoms with Crippen LogP contribution in [-0.2, 0) is 6.54 Å². The zero-order chi connectivity index (χ0) is 17.9. The van der Waals surface area contributed by atoms with Crippen molar-refractivity contribution in [3.05, 3.63) is 23.9 Å². The molecule has 2 heterocycles. The van der Waals surface area contributed by atoms with E-state index in [1.807, 2.05) is 12.3 Å². The number of guanidine groups is 1. The zero-order valence-corrected chi connectivity index (χ0v) is 18.6. The van der Waals surface area contributed by atoms with Gasteiger partial charge in [-0.25, -0.2) is 9.98 Å². The van der Waals surface area contributed by atoms with Gasteiger partial charge in [0.2, 0.25) is 0 Å². The topological polar surface area (TPSA) is 69.8 Å². The summed E-state index contributed by atoms with van der Waals surface area (Å²) in [6.07, 6.45) is 6.80. The van der Waals surface area contributed by atoms with Gasteiger partial charge in [0.15, 0.2) is 5.96 Å². The highest BCUT2D eigenvalue weighted by Gasteiger charge is 2.16. The number of nitrogens with one attached hydrogen (secondary N) is 1. The Morgan fingerprint density at radius 3 is 2.65 bits per heavy atom. The Hall–Kier alpha value is -1.09. The molecule has 0 atom stereocenters. The number of unbranched alkanes of at least 4 members (excludes halogenated alkanes) is 3. The summed E-state index contributed by atoms with van der Waals surface area (Å²) < 4.78 is 0. The lowest BCUT2D eigenvalue weighted by Crippen LogP contribution is -2.46. The lowest BCUT2D eigenvalue weighted by molar-refractivity contribution is 0.270. The molecule has 1 aromatic rings. The number of likely N-dealkylation sites (N-methyl/N-ethyl adjacent to an activating group) is 1. The standard InChI is InChI=1S/C19H34N6.HI/c1-3-5-6-7-9-22-19(20)23-16-17-8-10-21-18(15-17)25-13-11-24(4-2)12-14-25;/h8,10,15H,3-7,9,11-14,16H2,1-2H3,(H3,20,22,23);1H. The molecule has 0 amide bonds. The molecule has 2 rings (SSSR count). The second kappa shape index (κ2) is 13.1. The summed E-state index contributed by atoms with van der Waals surface area (Å²) in [5.74, 6) is 1.58. The van der Waals surface area contributed by atoms with Gasteiger partial charge in [-0.15, -0.1) is 24.0 Å². The molecule has 0 spiro atoms. The fourth-order valence-electron chi connectivity index (χ4n) is 3.03. The molecule has 7 heteroatoms. The number of anilines is 1. The molecule has 26 heavy (non-hydrogen) atoms. The van der Waals surface area contributed by atoms with Crippen LogP contribution in [0.2, 0.25) is 0 Å². The molecular weight excluding hydrogens is 439 g/mol. The molecular formula is C19H35IN6. The van der Waals surface area contributed by atoms with E-state index < -0.39 is 0 Å². The number of rotatable bonds is 9. The molecule has 1 aromatic heterocycles. The van der Waals surface area contributed by atoms with Crippen molar-refractivity contribution in [3.8, 4) is 0 Å². The van der Waals surface area contributed by atoms with Gasteiger partial charge in [-0.2, -0.15) is 0 Å². The average Bonchev–Trinajstić information content (AvgIpc) is 2.66. The van der Waals surface area contributed by atoms with Crippen LogP contribution in [0, 0.1) is 0 Å². The Labute approximate surface area is 175 Å². The second-order valence-electron chi connectivity index (χ2n) is 6.63. The van der Waals surface area contributed by atoms with Crippen molar-refractivity contribution in [2.45, 2.75) is 46.1 Å². The largest absolute Gasteiger partial charge is 0.370 e. The third kappa shape index (κ3) is 8.07. The number of pyridine rings is 1. The zero-order valence-electron chi connectivity index (χ0n) is 16.3. The van der Waals surface area contributed by atoms with Crippen LogP contribution >= 0.6 is 24.0 Å². The van der Waals surface area contributed by atoms with E-state index >= 15 is 0 Å². The quantitative estimate of drug-likeness (QED) is 0.249. The SMILES string of the molecule is CCCCCCNC(N)=NCc1ccnc(N2CCN(CC)CC2)c1.I. The van der Waals surface area contributed by atoms with Crippen molar-refractivity contribution < 1.29 is 0 Å². The number of hydrogen-bond acceptors (Lipinski definition) is 4. The number of aliphatic imine (C=N–C) groups is 1. The van der Waals surface area contributed by atoms with Gasteiger partial charge in [0.05, 0.1) is 6.54 Å². The van der Waals surface area contributed by atoms with E-state index in [0.717, 1.165) is 57.1 Å². The van der Waals surface area contributed by atoms with Gasteiger partial charge in [0.25, 0.3) is 0 Å². The van der Waals surface area contributed by atoms with Crippen LogP contribution in [0.5, 0.6) is 0 Å². The maximum absolute atomic E-state index is 5.96. The molecule has 0 unspecified atom stereocenters. The number of halogens is 1. The van der Waals surface area contributed by atoms with Gasteiger partial charge in [0.1, 0.15) is 5.82 Å². The van der Waals surface area contributed by atoms with Gasteiger partial charge in [-0.05, 0) is 30.7 Å². The van der Waals surface area contributed by atoms with Gasteiger partial charge in [0, 0.05) is 38.9 Å². The van der Waals surface area contributed by atoms with Crippen molar-refractivity contribution in [3.63, 3.8) is 0 Å². The van der Waals surface area contributed by atoms with Crippen molar-refractivity contribution in [2.24, 2.45) is 10.7 Å². The van der Waals surface area contributed by atoms with E-state index in [-0.39, 0.29) is 24.0 Å². The first-order chi connectivity index (χ1) is 12.2. The molecule has 0 radical (unpaired) electrons. The highest BCUT2D eigenvalue weighted by atomic mass is 127. The number of aromatic nitrogens is 1. The van der Waals surface area contributed by atoms with Crippen LogP contribution in [0.15, 0.2) is 23.3 Å². The minimum absolute atomic E-state index is 0. The second-order valence-corrected chi connectivity index (χ2v) is 6.63. The molecule has 1 aliphatic rings. The molecule has 148 valence electrons. The van der Waals surface area contributed by atoms with Crippen molar-refractivity contribution in [1.29, 1.82) is 0 Å². The van der Waals surface area contributed by atoms with Gasteiger partial charge >= 0.3 is 0 Å². The first-order valence-corrected chi connectivity index (χ1v) is 9.69. The van der Waals surface area contributed by atoms with E-state index in [1.165, 1.54) is 19.3 Å². The summed E-state index contributed by atoms with van der Waals surface area (Å²) >= 11 is 0. The van der Waals surface area contributed by atoms with Crippen molar-refractivity contribution >= 4 is 35.8 Å². The van der Waals surface area contributed by atoms with E-state index in [9.17, 15) is 0 Å². The van der Waals surface area contributed by atoms with Crippen LogP contribution in [0.25, 0.3) is 0 Å². The molecule has 6 nitrogen and oxygen atoms in total. The summed E-state index contributed by atoms with van der Waals surface area (Å²) in [5.41, 5.74) is 7.11. The lowest BCUT2D eigenvalue weighted by atomic mass is 10.2. The van der Waals surface area contributed by atoms with Crippen molar-refractivity contribution in [1.82, 2.24) is 15.2 Å². The molecule has 1 saturated heterocycles. The molecule has 3 N–H and O–H groups in total. The smallest absolute Gasteiger partial charge is 0.188 e. The summed E-state index contributed by atoms with van der Waals surface area (Å²) in [6, 6.07) is 4.16. The van der Waals surface area contributed by atoms with Crippen molar-refractivity contribution in [2.75, 3.05) is 44.2 Å². The van der Waals surface area contributed by atoms with Crippen LogP contribution in [0.1, 0.15) is 45.1 Å². The molecule has 0 aromatic carbocycles. The molecule has 0 saturated carbocycles. The summed E-state index contributed by atoms with van der Waals surface area (Å²) in [7, 11) is 0. The van der Waals surface area contributed by atoms with Gasteiger partial charge in [-0.3, -0.25) is 0 Å². The first-order valence-electron chi connectivity index (χ1n) is 9.69. The maximum atomic E-state index is 5.96. The van der Waals surface area contributed by atoms with Gasteiger partial charge in [-0.1, -0.05) is 33.1 Å². The lowest BCUT2D eigenvalue weighted by Gasteiger charge is -2.34. The number of piperazine rings is 1. The van der Waals surface area contributed by atoms with Crippen LogP contribution in [0.3, 0.4) is 0 Å². The van der Waals surface area contributed by atoms with E-state index in [1.54, 1.807) is 0 Å². The predicted octanol–water partition coefficient (Wildman–Crippen LogP) is 2.83. The molecule has 1 fully saturated rings. The van der Waals surface area contributed by atoms with Crippen LogP contribution in [-0.4, -0.2) is 55.1 Å². The molecule has 1 aliphatic heterocycles. The van der Waals surface area contributed by atoms with Gasteiger partial charge < -0.3 is 20.9 Å². The Bertz CT molecular complexity index is 529. The van der Waals surface area contributed by atoms with E-state index in [4.69, 9.17) is 5.73 Å². The fourth-order valence-corrected chi connectivity index (χ4v) is 3.03. The maximum Gasteiger partial charge on any atom is 0.188 e. The molecule has 0 aliphatic carbocycles. The van der Waals surface area contributed by atoms with Crippen LogP contribution < -0.4 is 16.0 Å². The minimum atomic E-state index is 0. The normalized spacial score (nSPS) is 15.6. The Morgan fingerprint density at radius 1 is 1.19 bits per heavy atom. The average molecular weight is 474 g/mol. The van der Waals surface area contributed by atoms with E-state index in [2.05, 4.69) is 45.0 Å². The fraction of sp³-hybridized carbons (Fsp3) is 0.684.